The summed E-state index contributed by atoms with van der Waals surface area (Å²) in [5, 5.41) is 5.81. The molecule has 0 atom stereocenters. The van der Waals surface area contributed by atoms with Gasteiger partial charge in [-0.3, -0.25) is 9.78 Å². The van der Waals surface area contributed by atoms with Crippen molar-refractivity contribution in [2.75, 3.05) is 26.7 Å². The van der Waals surface area contributed by atoms with Gasteiger partial charge < -0.3 is 20.3 Å². The number of carbonyl (C=O) groups is 2. The Kier molecular flexibility index (Phi) is 7.65. The Morgan fingerprint density at radius 3 is 2.71 bits per heavy atom. The van der Waals surface area contributed by atoms with E-state index < -0.39 is 0 Å². The fourth-order valence-corrected chi connectivity index (χ4v) is 3.77. The molecule has 1 aliphatic rings. The van der Waals surface area contributed by atoms with Gasteiger partial charge in [0.15, 0.2) is 0 Å². The van der Waals surface area contributed by atoms with Crippen molar-refractivity contribution in [3.05, 3.63) is 71.6 Å². The average Bonchev–Trinajstić information content (AvgIpc) is 2.81. The number of carbonyl (C=O) groups excluding carboxylic acids is 2. The zero-order chi connectivity index (χ0) is 22.2. The number of rotatable bonds is 7. The number of hydrogen-bond acceptors (Lipinski definition) is 4. The van der Waals surface area contributed by atoms with Crippen LogP contribution < -0.4 is 15.4 Å². The second kappa shape index (κ2) is 10.6. The molecule has 0 spiro atoms. The van der Waals surface area contributed by atoms with Crippen molar-refractivity contribution in [3.63, 3.8) is 0 Å². The first-order chi connectivity index (χ1) is 15.0. The van der Waals surface area contributed by atoms with Gasteiger partial charge in [-0.2, -0.15) is 0 Å². The Hall–Kier alpha value is -3.35. The van der Waals surface area contributed by atoms with Gasteiger partial charge >= 0.3 is 6.03 Å². The van der Waals surface area contributed by atoms with E-state index >= 15 is 0 Å². The summed E-state index contributed by atoms with van der Waals surface area (Å²) in [6.07, 6.45) is 3.21. The Morgan fingerprint density at radius 1 is 1.23 bits per heavy atom. The second-order valence-corrected chi connectivity index (χ2v) is 7.66. The second-order valence-electron chi connectivity index (χ2n) is 7.66. The summed E-state index contributed by atoms with van der Waals surface area (Å²) in [5.74, 6) is 0.755. The maximum absolute atomic E-state index is 13.0. The molecule has 7 heteroatoms. The molecule has 1 saturated heterocycles. The Labute approximate surface area is 183 Å². The lowest BCUT2D eigenvalue weighted by atomic mass is 9.90. The van der Waals surface area contributed by atoms with Crippen molar-refractivity contribution in [1.82, 2.24) is 20.5 Å². The molecule has 3 amide bonds. The van der Waals surface area contributed by atoms with Gasteiger partial charge in [-0.15, -0.1) is 6.58 Å². The molecular weight excluding hydrogens is 392 g/mol. The summed E-state index contributed by atoms with van der Waals surface area (Å²) in [6, 6.07) is 11.3. The zero-order valence-electron chi connectivity index (χ0n) is 18.2. The number of hydrogen-bond donors (Lipinski definition) is 2. The molecular formula is C24H30N4O3. The first kappa shape index (κ1) is 22.3. The number of urea groups is 1. The number of nitrogens with zero attached hydrogens (tertiary/aromatic N) is 2. The van der Waals surface area contributed by atoms with E-state index in [-0.39, 0.29) is 17.9 Å². The van der Waals surface area contributed by atoms with E-state index in [9.17, 15) is 9.59 Å². The van der Waals surface area contributed by atoms with Crippen molar-refractivity contribution >= 4 is 11.9 Å². The highest BCUT2D eigenvalue weighted by Crippen LogP contribution is 2.29. The Balaban J connectivity index is 1.67. The molecule has 0 aliphatic carbocycles. The third kappa shape index (κ3) is 5.84. The Morgan fingerprint density at radius 2 is 2.00 bits per heavy atom. The van der Waals surface area contributed by atoms with Crippen LogP contribution in [0.1, 0.15) is 46.1 Å². The number of aryl methyl sites for hydroxylation is 1. The third-order valence-electron chi connectivity index (χ3n) is 5.46. The number of piperidine rings is 1. The lowest BCUT2D eigenvalue weighted by Crippen LogP contribution is -2.44. The van der Waals surface area contributed by atoms with Crippen LogP contribution in [0.25, 0.3) is 0 Å². The highest BCUT2D eigenvalue weighted by molar-refractivity contribution is 5.95. The summed E-state index contributed by atoms with van der Waals surface area (Å²) < 4.78 is 5.25. The maximum Gasteiger partial charge on any atom is 0.317 e. The van der Waals surface area contributed by atoms with Crippen LogP contribution in [0, 0.1) is 6.92 Å². The van der Waals surface area contributed by atoms with Crippen LogP contribution in [-0.2, 0) is 6.54 Å². The summed E-state index contributed by atoms with van der Waals surface area (Å²) in [7, 11) is 1.62. The highest BCUT2D eigenvalue weighted by atomic mass is 16.5. The van der Waals surface area contributed by atoms with Crippen LogP contribution in [0.15, 0.2) is 49.1 Å². The normalized spacial score (nSPS) is 14.1. The number of pyridine rings is 1. The SMILES string of the molecule is C=CCNC(=O)N1CCC(c2nc(C)ccc2C(=O)NCc2cccc(OC)c2)CC1. The van der Waals surface area contributed by atoms with Crippen LogP contribution in [0.3, 0.4) is 0 Å². The zero-order valence-corrected chi connectivity index (χ0v) is 18.2. The van der Waals surface area contributed by atoms with Gasteiger partial charge in [0.2, 0.25) is 0 Å². The number of benzene rings is 1. The van der Waals surface area contributed by atoms with Gasteiger partial charge in [-0.25, -0.2) is 4.79 Å². The predicted molar refractivity (Wildman–Crippen MR) is 120 cm³/mol. The lowest BCUT2D eigenvalue weighted by molar-refractivity contribution is 0.0947. The predicted octanol–water partition coefficient (Wildman–Crippen LogP) is 3.40. The fraction of sp³-hybridized carbons (Fsp3) is 0.375. The number of ether oxygens (including phenoxy) is 1. The first-order valence-corrected chi connectivity index (χ1v) is 10.5. The molecule has 2 N–H and O–H groups in total. The monoisotopic (exact) mass is 422 g/mol. The van der Waals surface area contributed by atoms with E-state index in [2.05, 4.69) is 17.2 Å². The largest absolute Gasteiger partial charge is 0.497 e. The van der Waals surface area contributed by atoms with Gasteiger partial charge in [-0.05, 0) is 49.6 Å². The summed E-state index contributed by atoms with van der Waals surface area (Å²) in [5.41, 5.74) is 3.26. The van der Waals surface area contributed by atoms with Crippen LogP contribution in [0.5, 0.6) is 5.75 Å². The lowest BCUT2D eigenvalue weighted by Gasteiger charge is -2.32. The molecule has 1 aliphatic heterocycles. The molecule has 31 heavy (non-hydrogen) atoms. The minimum atomic E-state index is -0.142. The van der Waals surface area contributed by atoms with Gasteiger partial charge in [0, 0.05) is 37.8 Å². The summed E-state index contributed by atoms with van der Waals surface area (Å²) in [4.78, 5) is 31.7. The number of likely N-dealkylation sites (tertiary alicyclic amines) is 1. The van der Waals surface area contributed by atoms with Crippen molar-refractivity contribution < 1.29 is 14.3 Å². The quantitative estimate of drug-likeness (QED) is 0.670. The molecule has 7 nitrogen and oxygen atoms in total. The van der Waals surface area contributed by atoms with Crippen molar-refractivity contribution in [2.45, 2.75) is 32.2 Å². The van der Waals surface area contributed by atoms with E-state index in [1.54, 1.807) is 18.1 Å². The van der Waals surface area contributed by atoms with Crippen LogP contribution in [0.4, 0.5) is 4.79 Å². The van der Waals surface area contributed by atoms with Gasteiger partial charge in [-0.1, -0.05) is 18.2 Å². The number of nitrogens with one attached hydrogen (secondary N) is 2. The van der Waals surface area contributed by atoms with Crippen molar-refractivity contribution in [1.29, 1.82) is 0 Å². The minimum absolute atomic E-state index is 0.0770. The number of aromatic nitrogens is 1. The summed E-state index contributed by atoms with van der Waals surface area (Å²) >= 11 is 0. The standard InChI is InChI=1S/C24H30N4O3/c1-4-12-25-24(30)28-13-10-19(11-14-28)22-21(9-8-17(2)27-22)23(29)26-16-18-6-5-7-20(15-18)31-3/h4-9,15,19H,1,10-14,16H2,2-3H3,(H,25,30)(H,26,29). The fourth-order valence-electron chi connectivity index (χ4n) is 3.77. The van der Waals surface area contributed by atoms with E-state index in [1.807, 2.05) is 43.3 Å². The number of amides is 3. The molecule has 2 heterocycles. The minimum Gasteiger partial charge on any atom is -0.497 e. The van der Waals surface area contributed by atoms with Gasteiger partial charge in [0.25, 0.3) is 5.91 Å². The van der Waals surface area contributed by atoms with E-state index in [1.165, 1.54) is 0 Å². The molecule has 0 unspecified atom stereocenters. The van der Waals surface area contributed by atoms with Crippen LogP contribution >= 0.6 is 0 Å². The topological polar surface area (TPSA) is 83.6 Å². The molecule has 1 fully saturated rings. The smallest absolute Gasteiger partial charge is 0.317 e. The molecule has 0 bridgehead atoms. The molecule has 164 valence electrons. The Bertz CT molecular complexity index is 936. The van der Waals surface area contributed by atoms with Crippen molar-refractivity contribution in [2.24, 2.45) is 0 Å². The highest BCUT2D eigenvalue weighted by Gasteiger charge is 2.27. The van der Waals surface area contributed by atoms with E-state index in [4.69, 9.17) is 9.72 Å². The third-order valence-corrected chi connectivity index (χ3v) is 5.46. The van der Waals surface area contributed by atoms with Crippen LogP contribution in [-0.4, -0.2) is 48.6 Å². The molecule has 0 saturated carbocycles. The molecule has 3 rings (SSSR count). The molecule has 2 aromatic rings. The molecule has 1 aromatic carbocycles. The molecule has 1 aromatic heterocycles. The van der Waals surface area contributed by atoms with Gasteiger partial charge in [0.05, 0.1) is 18.4 Å². The number of methoxy groups -OCH3 is 1. The maximum atomic E-state index is 13.0. The van der Waals surface area contributed by atoms with Crippen molar-refractivity contribution in [3.8, 4) is 5.75 Å². The van der Waals surface area contributed by atoms with E-state index in [0.29, 0.717) is 31.7 Å². The van der Waals surface area contributed by atoms with Crippen LogP contribution in [0.2, 0.25) is 0 Å². The van der Waals surface area contributed by atoms with E-state index in [0.717, 1.165) is 35.5 Å². The first-order valence-electron chi connectivity index (χ1n) is 10.5. The van der Waals surface area contributed by atoms with Gasteiger partial charge in [0.1, 0.15) is 5.75 Å². The molecule has 0 radical (unpaired) electrons. The summed E-state index contributed by atoms with van der Waals surface area (Å²) in [6.45, 7) is 7.68. The average molecular weight is 423 g/mol.